The molecule has 0 atom stereocenters. The van der Waals surface area contributed by atoms with E-state index in [1.54, 1.807) is 6.07 Å². The quantitative estimate of drug-likeness (QED) is 0.705. The Morgan fingerprint density at radius 3 is 2.59 bits per heavy atom. The summed E-state index contributed by atoms with van der Waals surface area (Å²) in [5, 5.41) is 3.02. The Labute approximate surface area is 100 Å². The summed E-state index contributed by atoms with van der Waals surface area (Å²) in [4.78, 5) is 7.75. The molecule has 0 radical (unpaired) electrons. The zero-order valence-electron chi connectivity index (χ0n) is 10.1. The predicted octanol–water partition coefficient (Wildman–Crippen LogP) is 1.76. The number of nitrogens with one attached hydrogen (secondary N) is 1. The van der Waals surface area contributed by atoms with Crippen LogP contribution in [0, 0.1) is 0 Å². The Hall–Kier alpha value is -1.27. The van der Waals surface area contributed by atoms with E-state index in [4.69, 9.17) is 9.47 Å². The molecule has 0 aliphatic rings. The number of halogens is 1. The maximum atomic E-state index is 12.4. The van der Waals surface area contributed by atoms with Crippen LogP contribution in [0.25, 0.3) is 0 Å². The van der Waals surface area contributed by atoms with Crippen LogP contribution in [-0.2, 0) is 16.1 Å². The van der Waals surface area contributed by atoms with Crippen LogP contribution in [0.3, 0.4) is 0 Å². The third-order valence-electron chi connectivity index (χ3n) is 2.02. The molecule has 0 saturated carbocycles. The minimum absolute atomic E-state index is 0.325. The molecule has 0 unspecified atom stereocenters. The number of alkyl halides is 1. The smallest absolute Gasteiger partial charge is 0.174 e. The van der Waals surface area contributed by atoms with Crippen molar-refractivity contribution in [3.05, 3.63) is 18.1 Å². The third kappa shape index (κ3) is 5.06. The van der Waals surface area contributed by atoms with Crippen molar-refractivity contribution in [1.82, 2.24) is 9.97 Å². The molecule has 0 amide bonds. The number of hydrogen-bond donors (Lipinski definition) is 1. The Bertz CT molecular complexity index is 319. The van der Waals surface area contributed by atoms with Gasteiger partial charge in [-0.2, -0.15) is 0 Å². The van der Waals surface area contributed by atoms with Crippen molar-refractivity contribution in [1.29, 1.82) is 0 Å². The molecule has 1 aromatic rings. The van der Waals surface area contributed by atoms with Crippen LogP contribution in [0.2, 0.25) is 0 Å². The van der Waals surface area contributed by atoms with Crippen molar-refractivity contribution < 1.29 is 13.9 Å². The highest BCUT2D eigenvalue weighted by Gasteiger charge is 2.08. The van der Waals surface area contributed by atoms with Crippen LogP contribution < -0.4 is 5.32 Å². The van der Waals surface area contributed by atoms with E-state index < -0.39 is 6.67 Å². The topological polar surface area (TPSA) is 56.3 Å². The summed E-state index contributed by atoms with van der Waals surface area (Å²) < 4.78 is 23.1. The van der Waals surface area contributed by atoms with E-state index in [2.05, 4.69) is 15.3 Å². The van der Waals surface area contributed by atoms with Gasteiger partial charge in [0.2, 0.25) is 0 Å². The molecule has 1 N–H and O–H groups in total. The maximum absolute atomic E-state index is 12.4. The zero-order chi connectivity index (χ0) is 12.5. The Balaban J connectivity index is 2.46. The zero-order valence-corrected chi connectivity index (χ0v) is 10.1. The highest BCUT2D eigenvalue weighted by molar-refractivity contribution is 5.34. The molecular formula is C11H18FN3O2. The average Bonchev–Trinajstić information content (AvgIpc) is 2.37. The summed E-state index contributed by atoms with van der Waals surface area (Å²) >= 11 is 0. The molecule has 0 spiro atoms. The minimum atomic E-state index is -0.600. The van der Waals surface area contributed by atoms with Gasteiger partial charge < -0.3 is 14.8 Å². The van der Waals surface area contributed by atoms with Gasteiger partial charge in [0.25, 0.3) is 0 Å². The fourth-order valence-corrected chi connectivity index (χ4v) is 1.29. The molecule has 96 valence electrons. The summed E-state index contributed by atoms with van der Waals surface area (Å²) in [5.74, 6) is 0.567. The molecule has 0 bridgehead atoms. The monoisotopic (exact) mass is 243 g/mol. The molecule has 0 aliphatic carbocycles. The fraction of sp³-hybridized carbons (Fsp3) is 0.636. The summed E-state index contributed by atoms with van der Waals surface area (Å²) in [6.07, 6.45) is 1.00. The largest absolute Gasteiger partial charge is 0.365 e. The van der Waals surface area contributed by atoms with Crippen LogP contribution in [0.4, 0.5) is 10.2 Å². The molecule has 1 rings (SSSR count). The fourth-order valence-electron chi connectivity index (χ4n) is 1.29. The van der Waals surface area contributed by atoms with Gasteiger partial charge in [-0.15, -0.1) is 0 Å². The van der Waals surface area contributed by atoms with E-state index in [0.717, 1.165) is 0 Å². The SMILES string of the molecule is CCOC(CNc1cc(CF)ncn1)OCC. The summed E-state index contributed by atoms with van der Waals surface area (Å²) in [7, 11) is 0. The lowest BCUT2D eigenvalue weighted by Crippen LogP contribution is -2.26. The van der Waals surface area contributed by atoms with Gasteiger partial charge in [0.15, 0.2) is 6.29 Å². The second-order valence-corrected chi connectivity index (χ2v) is 3.25. The van der Waals surface area contributed by atoms with Crippen molar-refractivity contribution in [3.63, 3.8) is 0 Å². The van der Waals surface area contributed by atoms with Crippen LogP contribution in [-0.4, -0.2) is 36.0 Å². The highest BCUT2D eigenvalue weighted by atomic mass is 19.1. The van der Waals surface area contributed by atoms with Crippen molar-refractivity contribution in [2.45, 2.75) is 26.8 Å². The lowest BCUT2D eigenvalue weighted by molar-refractivity contribution is -0.126. The van der Waals surface area contributed by atoms with Crippen LogP contribution >= 0.6 is 0 Å². The number of hydrogen-bond acceptors (Lipinski definition) is 5. The van der Waals surface area contributed by atoms with Crippen LogP contribution in [0.5, 0.6) is 0 Å². The van der Waals surface area contributed by atoms with E-state index in [1.807, 2.05) is 13.8 Å². The first-order chi connectivity index (χ1) is 8.30. The molecule has 0 saturated heterocycles. The predicted molar refractivity (Wildman–Crippen MR) is 62.4 cm³/mol. The first kappa shape index (κ1) is 13.8. The van der Waals surface area contributed by atoms with Gasteiger partial charge in [-0.3, -0.25) is 0 Å². The van der Waals surface area contributed by atoms with Crippen molar-refractivity contribution in [2.75, 3.05) is 25.1 Å². The van der Waals surface area contributed by atoms with Crippen molar-refractivity contribution in [2.24, 2.45) is 0 Å². The van der Waals surface area contributed by atoms with Gasteiger partial charge in [-0.1, -0.05) is 0 Å². The minimum Gasteiger partial charge on any atom is -0.365 e. The van der Waals surface area contributed by atoms with Crippen LogP contribution in [0.15, 0.2) is 12.4 Å². The second-order valence-electron chi connectivity index (χ2n) is 3.25. The third-order valence-corrected chi connectivity index (χ3v) is 2.02. The molecule has 5 nitrogen and oxygen atoms in total. The Morgan fingerprint density at radius 2 is 2.00 bits per heavy atom. The van der Waals surface area contributed by atoms with Gasteiger partial charge in [0.1, 0.15) is 18.8 Å². The molecule has 17 heavy (non-hydrogen) atoms. The van der Waals surface area contributed by atoms with E-state index in [0.29, 0.717) is 31.3 Å². The van der Waals surface area contributed by atoms with Gasteiger partial charge in [-0.05, 0) is 13.8 Å². The summed E-state index contributed by atoms with van der Waals surface area (Å²) in [6, 6.07) is 1.56. The molecular weight excluding hydrogens is 225 g/mol. The number of anilines is 1. The van der Waals surface area contributed by atoms with E-state index >= 15 is 0 Å². The Kier molecular flexibility index (Phi) is 6.42. The number of rotatable bonds is 8. The van der Waals surface area contributed by atoms with Crippen LogP contribution in [0.1, 0.15) is 19.5 Å². The van der Waals surface area contributed by atoms with Gasteiger partial charge in [0.05, 0.1) is 12.2 Å². The molecule has 0 aliphatic heterocycles. The summed E-state index contributed by atoms with van der Waals surface area (Å²) in [5.41, 5.74) is 0.354. The second kappa shape index (κ2) is 7.92. The van der Waals surface area contributed by atoms with E-state index in [-0.39, 0.29) is 6.29 Å². The molecule has 1 heterocycles. The standard InChI is InChI=1S/C11H18FN3O2/c1-3-16-11(17-4-2)7-13-10-5-9(6-12)14-8-15-10/h5,8,11H,3-4,6-7H2,1-2H3,(H,13,14,15). The van der Waals surface area contributed by atoms with Crippen molar-refractivity contribution in [3.8, 4) is 0 Å². The van der Waals surface area contributed by atoms with E-state index in [9.17, 15) is 4.39 Å². The molecule has 0 fully saturated rings. The number of ether oxygens (including phenoxy) is 2. The van der Waals surface area contributed by atoms with E-state index in [1.165, 1.54) is 6.33 Å². The highest BCUT2D eigenvalue weighted by Crippen LogP contribution is 2.06. The molecule has 6 heteroatoms. The van der Waals surface area contributed by atoms with Gasteiger partial charge in [0, 0.05) is 19.3 Å². The normalized spacial score (nSPS) is 10.8. The maximum Gasteiger partial charge on any atom is 0.174 e. The van der Waals surface area contributed by atoms with Gasteiger partial charge >= 0.3 is 0 Å². The average molecular weight is 243 g/mol. The first-order valence-electron chi connectivity index (χ1n) is 5.64. The summed E-state index contributed by atoms with van der Waals surface area (Å²) in [6.45, 7) is 4.81. The first-order valence-corrected chi connectivity index (χ1v) is 5.64. The van der Waals surface area contributed by atoms with Gasteiger partial charge in [-0.25, -0.2) is 14.4 Å². The Morgan fingerprint density at radius 1 is 1.29 bits per heavy atom. The number of aromatic nitrogens is 2. The number of nitrogens with zero attached hydrogens (tertiary/aromatic N) is 2. The molecule has 0 aromatic carbocycles. The molecule has 1 aromatic heterocycles. The lowest BCUT2D eigenvalue weighted by atomic mass is 10.4. The lowest BCUT2D eigenvalue weighted by Gasteiger charge is -2.17. The van der Waals surface area contributed by atoms with Crippen molar-refractivity contribution >= 4 is 5.82 Å².